The predicted octanol–water partition coefficient (Wildman–Crippen LogP) is 10.3. The second-order valence-corrected chi connectivity index (χ2v) is 12.1. The Labute approximate surface area is 288 Å². The molecular formula is C38H32F9NO3. The Balaban J connectivity index is 1.79. The first kappa shape index (κ1) is 38.8. The highest BCUT2D eigenvalue weighted by Gasteiger charge is 2.42. The average molecular weight is 722 g/mol. The number of benzene rings is 3. The van der Waals surface area contributed by atoms with E-state index in [4.69, 9.17) is 4.74 Å². The van der Waals surface area contributed by atoms with Crippen LogP contribution in [0, 0.1) is 18.8 Å². The molecule has 51 heavy (non-hydrogen) atoms. The van der Waals surface area contributed by atoms with Gasteiger partial charge >= 0.3 is 24.5 Å². The molecule has 0 bridgehead atoms. The monoisotopic (exact) mass is 721 g/mol. The summed E-state index contributed by atoms with van der Waals surface area (Å²) in [5.74, 6) is 3.29. The Morgan fingerprint density at radius 2 is 1.47 bits per heavy atom. The fraction of sp³-hybridized carbons (Fsp3) is 0.316. The van der Waals surface area contributed by atoms with E-state index in [1.165, 1.54) is 25.0 Å². The van der Waals surface area contributed by atoms with Crippen LogP contribution < -0.4 is 0 Å². The Kier molecular flexibility index (Phi) is 11.2. The number of rotatable bonds is 7. The first-order valence-electron chi connectivity index (χ1n) is 15.4. The highest BCUT2D eigenvalue weighted by Crippen LogP contribution is 2.43. The lowest BCUT2D eigenvalue weighted by atomic mass is 9.89. The predicted molar refractivity (Wildman–Crippen MR) is 173 cm³/mol. The van der Waals surface area contributed by atoms with Crippen LogP contribution in [-0.4, -0.2) is 29.9 Å². The number of nitrogens with zero attached hydrogens (tertiary/aromatic N) is 1. The number of allylic oxidation sites excluding steroid dienone is 4. The third kappa shape index (κ3) is 8.85. The summed E-state index contributed by atoms with van der Waals surface area (Å²) in [6.07, 6.45) is -12.1. The maximum Gasteiger partial charge on any atom is 0.416 e. The van der Waals surface area contributed by atoms with Crippen LogP contribution in [0.15, 0.2) is 66.7 Å². The number of carbonyl (C=O) groups excluding carboxylic acids is 2. The first-order valence-corrected chi connectivity index (χ1v) is 15.4. The van der Waals surface area contributed by atoms with Crippen molar-refractivity contribution in [3.8, 4) is 11.8 Å². The first-order chi connectivity index (χ1) is 23.6. The molecule has 4 rings (SSSR count). The van der Waals surface area contributed by atoms with Crippen molar-refractivity contribution in [1.82, 2.24) is 4.90 Å². The molecule has 1 aliphatic heterocycles. The fourth-order valence-corrected chi connectivity index (χ4v) is 6.10. The second kappa shape index (κ2) is 14.7. The van der Waals surface area contributed by atoms with E-state index in [-0.39, 0.29) is 17.2 Å². The fourth-order valence-electron chi connectivity index (χ4n) is 6.10. The van der Waals surface area contributed by atoms with Crippen LogP contribution in [0.1, 0.15) is 88.0 Å². The largest absolute Gasteiger partial charge is 0.465 e. The average Bonchev–Trinajstić information content (AvgIpc) is 3.33. The molecule has 0 radical (unpaired) electrons. The number of ether oxygens (including phenoxy) is 1. The Hall–Kier alpha value is -4.99. The zero-order valence-corrected chi connectivity index (χ0v) is 28.0. The van der Waals surface area contributed by atoms with Crippen molar-refractivity contribution in [1.29, 1.82) is 0 Å². The van der Waals surface area contributed by atoms with Crippen molar-refractivity contribution in [2.75, 3.05) is 7.11 Å². The topological polar surface area (TPSA) is 46.6 Å². The minimum absolute atomic E-state index is 0.00346. The molecule has 13 heteroatoms. The minimum atomic E-state index is -5.10. The lowest BCUT2D eigenvalue weighted by molar-refractivity contribution is -0.143. The third-order valence-electron chi connectivity index (χ3n) is 8.73. The van der Waals surface area contributed by atoms with E-state index in [0.29, 0.717) is 45.5 Å². The second-order valence-electron chi connectivity index (χ2n) is 12.1. The van der Waals surface area contributed by atoms with E-state index < -0.39 is 72.0 Å². The highest BCUT2D eigenvalue weighted by molar-refractivity contribution is 5.92. The summed E-state index contributed by atoms with van der Waals surface area (Å²) in [5, 5.41) is 0. The molecule has 1 amide bonds. The van der Waals surface area contributed by atoms with Crippen molar-refractivity contribution in [2.45, 2.75) is 71.1 Å². The summed E-state index contributed by atoms with van der Waals surface area (Å²) in [7, 11) is 1.24. The number of esters is 1. The molecule has 1 fully saturated rings. The molecule has 2 atom stereocenters. The zero-order valence-electron chi connectivity index (χ0n) is 28.0. The molecule has 1 aliphatic rings. The van der Waals surface area contributed by atoms with Gasteiger partial charge in [-0.1, -0.05) is 24.1 Å². The van der Waals surface area contributed by atoms with Gasteiger partial charge in [0.05, 0.1) is 29.4 Å². The van der Waals surface area contributed by atoms with Crippen LogP contribution in [0.25, 0.3) is 11.1 Å². The normalized spacial score (nSPS) is 17.4. The molecule has 0 N–H and O–H groups in total. The molecule has 3 aromatic rings. The molecule has 1 heterocycles. The zero-order chi connectivity index (χ0) is 38.1. The van der Waals surface area contributed by atoms with Crippen molar-refractivity contribution in [3.63, 3.8) is 0 Å². The standard InChI is InChI=1S/C38H32F9NO3/c1-6-7-8-24(31-11-9-25(14-22(31)3)35(50)51-5)13-21(2)32-12-10-28(36(39,40)41)17-27(32)20-48-23(4)33(19-34(48)49)26-15-29(37(42,43)44)18-30(16-26)38(45,46)47/h8-18,23,33H,19-20H2,1-5H3/b21-13+,24-8+. The van der Waals surface area contributed by atoms with Crippen molar-refractivity contribution in [2.24, 2.45) is 0 Å². The van der Waals surface area contributed by atoms with Crippen LogP contribution in [0.4, 0.5) is 39.5 Å². The number of hydrogen-bond acceptors (Lipinski definition) is 3. The van der Waals surface area contributed by atoms with Gasteiger partial charge in [0.15, 0.2) is 0 Å². The van der Waals surface area contributed by atoms with E-state index in [1.807, 2.05) is 0 Å². The summed E-state index contributed by atoms with van der Waals surface area (Å²) >= 11 is 0. The summed E-state index contributed by atoms with van der Waals surface area (Å²) in [6, 6.07) is 7.99. The third-order valence-corrected chi connectivity index (χ3v) is 8.73. The summed E-state index contributed by atoms with van der Waals surface area (Å²) < 4.78 is 128. The van der Waals surface area contributed by atoms with E-state index in [0.717, 1.165) is 12.1 Å². The lowest BCUT2D eigenvalue weighted by Gasteiger charge is -2.27. The van der Waals surface area contributed by atoms with Gasteiger partial charge in [0, 0.05) is 24.9 Å². The number of likely N-dealkylation sites (tertiary alicyclic amines) is 1. The van der Waals surface area contributed by atoms with E-state index in [1.54, 1.807) is 51.1 Å². The Morgan fingerprint density at radius 1 is 0.882 bits per heavy atom. The lowest BCUT2D eigenvalue weighted by Crippen LogP contribution is -2.32. The van der Waals surface area contributed by atoms with Crippen molar-refractivity contribution < 1.29 is 53.8 Å². The SMILES string of the molecule is CC#C/C=C(\C=C(/C)c1ccc(C(F)(F)F)cc1CN1C(=O)CC(c2cc(C(F)(F)F)cc(C(F)(F)F)c2)C1C)c1ccc(C(=O)OC)cc1C. The Bertz CT molecular complexity index is 1930. The van der Waals surface area contributed by atoms with E-state index >= 15 is 0 Å². The van der Waals surface area contributed by atoms with Crippen LogP contribution in [0.5, 0.6) is 0 Å². The van der Waals surface area contributed by atoms with Gasteiger partial charge in [0.2, 0.25) is 5.91 Å². The van der Waals surface area contributed by atoms with Gasteiger partial charge in [-0.15, -0.1) is 5.92 Å². The molecule has 4 nitrogen and oxygen atoms in total. The van der Waals surface area contributed by atoms with E-state index in [9.17, 15) is 49.1 Å². The molecule has 3 aromatic carbocycles. The molecule has 270 valence electrons. The maximum absolute atomic E-state index is 13.9. The number of hydrogen-bond donors (Lipinski definition) is 0. The van der Waals surface area contributed by atoms with Crippen LogP contribution in [0.3, 0.4) is 0 Å². The van der Waals surface area contributed by atoms with Gasteiger partial charge in [-0.05, 0) is 115 Å². The summed E-state index contributed by atoms with van der Waals surface area (Å²) in [6.45, 7) is 6.02. The number of aryl methyl sites for hydroxylation is 1. The number of carbonyl (C=O) groups is 2. The number of amides is 1. The summed E-state index contributed by atoms with van der Waals surface area (Å²) in [5.41, 5.74) is -1.43. The quantitative estimate of drug-likeness (QED) is 0.106. The van der Waals surface area contributed by atoms with Crippen molar-refractivity contribution >= 4 is 23.0 Å². The molecular weight excluding hydrogens is 689 g/mol. The highest BCUT2D eigenvalue weighted by atomic mass is 19.4. The van der Waals surface area contributed by atoms with Gasteiger partial charge in [0.1, 0.15) is 0 Å². The van der Waals surface area contributed by atoms with Gasteiger partial charge < -0.3 is 9.64 Å². The Morgan fingerprint density at radius 3 is 2.00 bits per heavy atom. The molecule has 0 spiro atoms. The molecule has 0 saturated carbocycles. The number of halogens is 9. The van der Waals surface area contributed by atoms with Gasteiger partial charge in [-0.3, -0.25) is 4.79 Å². The van der Waals surface area contributed by atoms with Gasteiger partial charge in [-0.2, -0.15) is 39.5 Å². The molecule has 0 aliphatic carbocycles. The van der Waals surface area contributed by atoms with Crippen LogP contribution in [-0.2, 0) is 34.6 Å². The smallest absolute Gasteiger partial charge is 0.416 e. The van der Waals surface area contributed by atoms with Gasteiger partial charge in [-0.25, -0.2) is 4.79 Å². The molecule has 2 unspecified atom stereocenters. The maximum atomic E-state index is 13.9. The van der Waals surface area contributed by atoms with Crippen molar-refractivity contribution in [3.05, 3.63) is 117 Å². The number of alkyl halides is 9. The minimum Gasteiger partial charge on any atom is -0.465 e. The molecule has 0 aromatic heterocycles. The van der Waals surface area contributed by atoms with Gasteiger partial charge in [0.25, 0.3) is 0 Å². The summed E-state index contributed by atoms with van der Waals surface area (Å²) in [4.78, 5) is 26.5. The van der Waals surface area contributed by atoms with E-state index in [2.05, 4.69) is 11.8 Å². The van der Waals surface area contributed by atoms with Crippen LogP contribution in [0.2, 0.25) is 0 Å². The molecule has 1 saturated heterocycles. The number of methoxy groups -OCH3 is 1. The van der Waals surface area contributed by atoms with Crippen LogP contribution >= 0.6 is 0 Å².